The van der Waals surface area contributed by atoms with E-state index in [9.17, 15) is 9.59 Å². The number of amides is 2. The first-order chi connectivity index (χ1) is 14.1. The number of nitrogens with zero attached hydrogens (tertiary/aromatic N) is 1. The van der Waals surface area contributed by atoms with E-state index in [1.807, 2.05) is 61.5 Å². The van der Waals surface area contributed by atoms with Gasteiger partial charge in [0, 0.05) is 17.4 Å². The second-order valence-electron chi connectivity index (χ2n) is 6.69. The van der Waals surface area contributed by atoms with Gasteiger partial charge in [0.2, 0.25) is 11.8 Å². The molecule has 29 heavy (non-hydrogen) atoms. The van der Waals surface area contributed by atoms with Crippen LogP contribution in [0.25, 0.3) is 10.8 Å². The number of ether oxygens (including phenoxy) is 1. The molecule has 6 heteroatoms. The molecule has 0 unspecified atom stereocenters. The number of hydrogen-bond donors (Lipinski definition) is 2. The van der Waals surface area contributed by atoms with Crippen LogP contribution in [0.3, 0.4) is 0 Å². The summed E-state index contributed by atoms with van der Waals surface area (Å²) in [5, 5.41) is 7.93. The lowest BCUT2D eigenvalue weighted by molar-refractivity contribution is -0.119. The summed E-state index contributed by atoms with van der Waals surface area (Å²) in [7, 11) is 1.58. The smallest absolute Gasteiger partial charge is 0.238 e. The molecular weight excluding hydrogens is 366 g/mol. The van der Waals surface area contributed by atoms with Gasteiger partial charge in [-0.3, -0.25) is 14.5 Å². The molecule has 0 aliphatic rings. The average Bonchev–Trinajstić information content (AvgIpc) is 2.73. The first-order valence-electron chi connectivity index (χ1n) is 9.52. The largest absolute Gasteiger partial charge is 0.497 e. The molecule has 3 aromatic carbocycles. The third-order valence-corrected chi connectivity index (χ3v) is 4.57. The maximum Gasteiger partial charge on any atom is 0.238 e. The molecule has 0 heterocycles. The highest BCUT2D eigenvalue weighted by molar-refractivity contribution is 5.96. The number of carbonyl (C=O) groups is 2. The zero-order valence-electron chi connectivity index (χ0n) is 16.6. The molecule has 6 nitrogen and oxygen atoms in total. The number of methoxy groups -OCH3 is 1. The maximum atomic E-state index is 12.4. The molecule has 150 valence electrons. The van der Waals surface area contributed by atoms with Crippen molar-refractivity contribution in [3.8, 4) is 5.75 Å². The lowest BCUT2D eigenvalue weighted by atomic mass is 10.1. The van der Waals surface area contributed by atoms with E-state index >= 15 is 0 Å². The minimum atomic E-state index is -0.182. The maximum absolute atomic E-state index is 12.4. The first kappa shape index (κ1) is 20.4. The minimum Gasteiger partial charge on any atom is -0.497 e. The predicted molar refractivity (Wildman–Crippen MR) is 116 cm³/mol. The van der Waals surface area contributed by atoms with Crippen LogP contribution in [0.2, 0.25) is 0 Å². The Balaban J connectivity index is 1.55. The zero-order valence-corrected chi connectivity index (χ0v) is 16.6. The summed E-state index contributed by atoms with van der Waals surface area (Å²) < 4.78 is 5.16. The van der Waals surface area contributed by atoms with Gasteiger partial charge in [0.15, 0.2) is 0 Å². The Hall–Kier alpha value is -3.38. The first-order valence-corrected chi connectivity index (χ1v) is 9.52. The van der Waals surface area contributed by atoms with Gasteiger partial charge in [0.1, 0.15) is 5.75 Å². The Kier molecular flexibility index (Phi) is 6.81. The molecule has 0 saturated carbocycles. The number of rotatable bonds is 8. The lowest BCUT2D eigenvalue weighted by Gasteiger charge is -2.19. The topological polar surface area (TPSA) is 70.7 Å². The van der Waals surface area contributed by atoms with Gasteiger partial charge in [0.05, 0.1) is 20.2 Å². The van der Waals surface area contributed by atoms with Crippen molar-refractivity contribution >= 4 is 34.0 Å². The number of hydrogen-bond acceptors (Lipinski definition) is 4. The molecule has 2 amide bonds. The number of anilines is 2. The molecule has 0 radical (unpaired) electrons. The van der Waals surface area contributed by atoms with Crippen LogP contribution in [-0.2, 0) is 9.59 Å². The highest BCUT2D eigenvalue weighted by Crippen LogP contribution is 2.19. The molecule has 0 saturated heterocycles. The molecule has 0 aliphatic carbocycles. The van der Waals surface area contributed by atoms with Crippen LogP contribution in [0.4, 0.5) is 11.4 Å². The van der Waals surface area contributed by atoms with Crippen molar-refractivity contribution in [2.75, 3.05) is 37.4 Å². The van der Waals surface area contributed by atoms with Crippen molar-refractivity contribution in [3.05, 3.63) is 66.7 Å². The molecular formula is C23H25N3O3. The van der Waals surface area contributed by atoms with Gasteiger partial charge in [-0.1, -0.05) is 43.3 Å². The molecule has 0 bridgehead atoms. The number of benzene rings is 3. The summed E-state index contributed by atoms with van der Waals surface area (Å²) in [5.41, 5.74) is 1.40. The summed E-state index contributed by atoms with van der Waals surface area (Å²) in [6.07, 6.45) is 0. The van der Waals surface area contributed by atoms with E-state index in [1.165, 1.54) is 0 Å². The van der Waals surface area contributed by atoms with Crippen molar-refractivity contribution in [1.82, 2.24) is 4.90 Å². The molecule has 2 N–H and O–H groups in total. The zero-order chi connectivity index (χ0) is 20.6. The van der Waals surface area contributed by atoms with E-state index in [4.69, 9.17) is 4.74 Å². The van der Waals surface area contributed by atoms with Crippen molar-refractivity contribution < 1.29 is 14.3 Å². The quantitative estimate of drug-likeness (QED) is 0.614. The fourth-order valence-corrected chi connectivity index (χ4v) is 3.05. The van der Waals surface area contributed by atoms with Crippen LogP contribution < -0.4 is 15.4 Å². The van der Waals surface area contributed by atoms with E-state index in [0.717, 1.165) is 16.5 Å². The molecule has 3 aromatic rings. The fraction of sp³-hybridized carbons (Fsp3) is 0.217. The van der Waals surface area contributed by atoms with Crippen molar-refractivity contribution in [2.45, 2.75) is 6.92 Å². The molecule has 0 spiro atoms. The third kappa shape index (κ3) is 5.80. The number of carbonyl (C=O) groups excluding carboxylic acids is 2. The van der Waals surface area contributed by atoms with Gasteiger partial charge >= 0.3 is 0 Å². The summed E-state index contributed by atoms with van der Waals surface area (Å²) in [6, 6.07) is 20.9. The normalized spacial score (nSPS) is 10.7. The van der Waals surface area contributed by atoms with Crippen LogP contribution in [0.5, 0.6) is 5.75 Å². The molecule has 0 aromatic heterocycles. The number of nitrogens with one attached hydrogen (secondary N) is 2. The third-order valence-electron chi connectivity index (χ3n) is 4.57. The Morgan fingerprint density at radius 1 is 0.828 bits per heavy atom. The highest BCUT2D eigenvalue weighted by Gasteiger charge is 2.14. The van der Waals surface area contributed by atoms with Crippen LogP contribution >= 0.6 is 0 Å². The van der Waals surface area contributed by atoms with E-state index in [1.54, 1.807) is 24.1 Å². The van der Waals surface area contributed by atoms with E-state index < -0.39 is 0 Å². The van der Waals surface area contributed by atoms with E-state index in [2.05, 4.69) is 10.6 Å². The number of fused-ring (bicyclic) bond motifs is 1. The molecule has 3 rings (SSSR count). The monoisotopic (exact) mass is 391 g/mol. The SMILES string of the molecule is CCN(CC(=O)Nc1cccc(OC)c1)CC(=O)Nc1ccc2ccccc2c1. The Bertz CT molecular complexity index is 1000. The molecule has 0 fully saturated rings. The van der Waals surface area contributed by atoms with Gasteiger partial charge < -0.3 is 15.4 Å². The van der Waals surface area contributed by atoms with Crippen LogP contribution in [-0.4, -0.2) is 43.5 Å². The van der Waals surface area contributed by atoms with Gasteiger partial charge in [-0.05, 0) is 41.6 Å². The van der Waals surface area contributed by atoms with Crippen LogP contribution in [0.1, 0.15) is 6.92 Å². The number of likely N-dealkylation sites (N-methyl/N-ethyl adjacent to an activating group) is 1. The average molecular weight is 391 g/mol. The summed E-state index contributed by atoms with van der Waals surface area (Å²) in [4.78, 5) is 26.6. The van der Waals surface area contributed by atoms with E-state index in [-0.39, 0.29) is 24.9 Å². The second kappa shape index (κ2) is 9.71. The summed E-state index contributed by atoms with van der Waals surface area (Å²) in [5.74, 6) is 0.333. The van der Waals surface area contributed by atoms with Crippen molar-refractivity contribution in [1.29, 1.82) is 0 Å². The predicted octanol–water partition coefficient (Wildman–Crippen LogP) is 3.75. The standard InChI is InChI=1S/C23H25N3O3/c1-3-26(15-22(27)24-19-9-6-10-21(14-19)29-2)16-23(28)25-20-12-11-17-7-4-5-8-18(17)13-20/h4-14H,3,15-16H2,1-2H3,(H,24,27)(H,25,28). The second-order valence-corrected chi connectivity index (χ2v) is 6.69. The van der Waals surface area contributed by atoms with Crippen molar-refractivity contribution in [3.63, 3.8) is 0 Å². The van der Waals surface area contributed by atoms with Gasteiger partial charge in [-0.2, -0.15) is 0 Å². The van der Waals surface area contributed by atoms with Gasteiger partial charge in [-0.15, -0.1) is 0 Å². The highest BCUT2D eigenvalue weighted by atomic mass is 16.5. The van der Waals surface area contributed by atoms with E-state index in [0.29, 0.717) is 18.0 Å². The van der Waals surface area contributed by atoms with Gasteiger partial charge in [-0.25, -0.2) is 0 Å². The van der Waals surface area contributed by atoms with Crippen molar-refractivity contribution in [2.24, 2.45) is 0 Å². The Morgan fingerprint density at radius 3 is 2.14 bits per heavy atom. The lowest BCUT2D eigenvalue weighted by Crippen LogP contribution is -2.38. The molecule has 0 aliphatic heterocycles. The Labute approximate surface area is 170 Å². The minimum absolute atomic E-state index is 0.124. The summed E-state index contributed by atoms with van der Waals surface area (Å²) in [6.45, 7) is 2.76. The summed E-state index contributed by atoms with van der Waals surface area (Å²) >= 11 is 0. The Morgan fingerprint density at radius 2 is 1.48 bits per heavy atom. The van der Waals surface area contributed by atoms with Crippen LogP contribution in [0, 0.1) is 0 Å². The van der Waals surface area contributed by atoms with Gasteiger partial charge in [0.25, 0.3) is 0 Å². The molecule has 0 atom stereocenters. The fourth-order valence-electron chi connectivity index (χ4n) is 3.05. The van der Waals surface area contributed by atoms with Crippen LogP contribution in [0.15, 0.2) is 66.7 Å².